The van der Waals surface area contributed by atoms with Crippen molar-refractivity contribution in [3.05, 3.63) is 22.9 Å². The molecular formula is C14H19N3. The third-order valence-electron chi connectivity index (χ3n) is 3.24. The van der Waals surface area contributed by atoms with Crippen molar-refractivity contribution in [3.8, 4) is 6.07 Å². The average Bonchev–Trinajstić information content (AvgIpc) is 3.07. The third-order valence-corrected chi connectivity index (χ3v) is 3.24. The summed E-state index contributed by atoms with van der Waals surface area (Å²) in [5, 5.41) is 12.4. The monoisotopic (exact) mass is 229 g/mol. The number of rotatable bonds is 5. The molecule has 1 saturated carbocycles. The number of nitriles is 1. The standard InChI is InChI=1S/C14H19N3/c1-10-8-11(2)17-14(13(10)9-15)16-7-3-4-12-5-6-12/h8,12H,3-7H2,1-2H3,(H,16,17). The van der Waals surface area contributed by atoms with Crippen LogP contribution in [0.5, 0.6) is 0 Å². The molecule has 1 aromatic rings. The fraction of sp³-hybridized carbons (Fsp3) is 0.571. The highest BCUT2D eigenvalue weighted by Crippen LogP contribution is 2.33. The van der Waals surface area contributed by atoms with Gasteiger partial charge in [-0.3, -0.25) is 0 Å². The van der Waals surface area contributed by atoms with Gasteiger partial charge in [-0.15, -0.1) is 0 Å². The van der Waals surface area contributed by atoms with E-state index in [1.54, 1.807) is 0 Å². The molecule has 0 bridgehead atoms. The smallest absolute Gasteiger partial charge is 0.144 e. The SMILES string of the molecule is Cc1cc(C)c(C#N)c(NCCCC2CC2)n1. The fourth-order valence-electron chi connectivity index (χ4n) is 2.11. The second-order valence-corrected chi connectivity index (χ2v) is 4.93. The molecule has 0 saturated heterocycles. The van der Waals surface area contributed by atoms with Crippen molar-refractivity contribution in [2.75, 3.05) is 11.9 Å². The summed E-state index contributed by atoms with van der Waals surface area (Å²) < 4.78 is 0. The maximum absolute atomic E-state index is 9.11. The minimum atomic E-state index is 0.682. The highest BCUT2D eigenvalue weighted by molar-refractivity contribution is 5.56. The highest BCUT2D eigenvalue weighted by atomic mass is 15.0. The van der Waals surface area contributed by atoms with Crippen molar-refractivity contribution in [2.24, 2.45) is 5.92 Å². The molecule has 1 heterocycles. The zero-order chi connectivity index (χ0) is 12.3. The molecule has 0 atom stereocenters. The molecule has 3 heteroatoms. The van der Waals surface area contributed by atoms with E-state index in [4.69, 9.17) is 5.26 Å². The van der Waals surface area contributed by atoms with Gasteiger partial charge in [0.25, 0.3) is 0 Å². The second kappa shape index (κ2) is 5.18. The minimum Gasteiger partial charge on any atom is -0.369 e. The van der Waals surface area contributed by atoms with Gasteiger partial charge in [0.1, 0.15) is 11.9 Å². The van der Waals surface area contributed by atoms with Crippen LogP contribution in [0.15, 0.2) is 6.07 Å². The van der Waals surface area contributed by atoms with Gasteiger partial charge < -0.3 is 5.32 Å². The lowest BCUT2D eigenvalue weighted by Crippen LogP contribution is -2.07. The van der Waals surface area contributed by atoms with E-state index in [9.17, 15) is 0 Å². The predicted octanol–water partition coefficient (Wildman–Crippen LogP) is 3.17. The van der Waals surface area contributed by atoms with E-state index in [2.05, 4.69) is 16.4 Å². The Hall–Kier alpha value is -1.56. The molecule has 1 aliphatic rings. The van der Waals surface area contributed by atoms with Crippen LogP contribution in [0.25, 0.3) is 0 Å². The quantitative estimate of drug-likeness (QED) is 0.789. The summed E-state index contributed by atoms with van der Waals surface area (Å²) in [7, 11) is 0. The third kappa shape index (κ3) is 3.20. The highest BCUT2D eigenvalue weighted by Gasteiger charge is 2.20. The summed E-state index contributed by atoms with van der Waals surface area (Å²) in [5.41, 5.74) is 2.65. The molecule has 1 N–H and O–H groups in total. The number of hydrogen-bond acceptors (Lipinski definition) is 3. The van der Waals surface area contributed by atoms with Crippen molar-refractivity contribution in [1.82, 2.24) is 4.98 Å². The lowest BCUT2D eigenvalue weighted by Gasteiger charge is -2.10. The van der Waals surface area contributed by atoms with E-state index in [-0.39, 0.29) is 0 Å². The van der Waals surface area contributed by atoms with E-state index in [1.807, 2.05) is 19.9 Å². The van der Waals surface area contributed by atoms with Gasteiger partial charge in [-0.1, -0.05) is 12.8 Å². The first-order valence-corrected chi connectivity index (χ1v) is 6.33. The summed E-state index contributed by atoms with van der Waals surface area (Å²) >= 11 is 0. The lowest BCUT2D eigenvalue weighted by molar-refractivity contribution is 0.686. The Bertz CT molecular complexity index is 442. The molecule has 1 aromatic heterocycles. The van der Waals surface area contributed by atoms with Gasteiger partial charge in [-0.2, -0.15) is 5.26 Å². The Balaban J connectivity index is 1.95. The lowest BCUT2D eigenvalue weighted by atomic mass is 10.1. The van der Waals surface area contributed by atoms with Gasteiger partial charge in [0.05, 0.1) is 5.56 Å². The first-order valence-electron chi connectivity index (χ1n) is 6.33. The minimum absolute atomic E-state index is 0.682. The number of pyridine rings is 1. The van der Waals surface area contributed by atoms with E-state index >= 15 is 0 Å². The summed E-state index contributed by atoms with van der Waals surface area (Å²) in [4.78, 5) is 4.40. The van der Waals surface area contributed by atoms with Crippen molar-refractivity contribution < 1.29 is 0 Å². The largest absolute Gasteiger partial charge is 0.369 e. The van der Waals surface area contributed by atoms with Crippen LogP contribution in [-0.2, 0) is 0 Å². The molecule has 0 amide bonds. The average molecular weight is 229 g/mol. The molecule has 1 fully saturated rings. The summed E-state index contributed by atoms with van der Waals surface area (Å²) in [6.07, 6.45) is 5.29. The predicted molar refractivity (Wildman–Crippen MR) is 68.9 cm³/mol. The zero-order valence-electron chi connectivity index (χ0n) is 10.6. The van der Waals surface area contributed by atoms with Crippen LogP contribution < -0.4 is 5.32 Å². The molecule has 2 rings (SSSR count). The Labute approximate surface area is 103 Å². The fourth-order valence-corrected chi connectivity index (χ4v) is 2.11. The second-order valence-electron chi connectivity index (χ2n) is 4.93. The molecule has 90 valence electrons. The van der Waals surface area contributed by atoms with Crippen LogP contribution in [-0.4, -0.2) is 11.5 Å². The van der Waals surface area contributed by atoms with Crippen molar-refractivity contribution in [3.63, 3.8) is 0 Å². The van der Waals surface area contributed by atoms with Gasteiger partial charge in [0, 0.05) is 12.2 Å². The van der Waals surface area contributed by atoms with Gasteiger partial charge in [-0.25, -0.2) is 4.98 Å². The zero-order valence-corrected chi connectivity index (χ0v) is 10.6. The van der Waals surface area contributed by atoms with E-state index < -0.39 is 0 Å². The number of nitrogens with one attached hydrogen (secondary N) is 1. The maximum Gasteiger partial charge on any atom is 0.144 e. The Morgan fingerprint density at radius 1 is 1.47 bits per heavy atom. The normalized spacial score (nSPS) is 14.4. The van der Waals surface area contributed by atoms with Crippen molar-refractivity contribution >= 4 is 5.82 Å². The maximum atomic E-state index is 9.11. The van der Waals surface area contributed by atoms with Crippen molar-refractivity contribution in [1.29, 1.82) is 5.26 Å². The molecule has 0 spiro atoms. The molecule has 0 aliphatic heterocycles. The van der Waals surface area contributed by atoms with Gasteiger partial charge in [0.2, 0.25) is 0 Å². The Kier molecular flexibility index (Phi) is 3.63. The van der Waals surface area contributed by atoms with Crippen LogP contribution in [0, 0.1) is 31.1 Å². The number of anilines is 1. The van der Waals surface area contributed by atoms with Crippen LogP contribution in [0.3, 0.4) is 0 Å². The summed E-state index contributed by atoms with van der Waals surface area (Å²) in [5.74, 6) is 1.72. The molecule has 17 heavy (non-hydrogen) atoms. The van der Waals surface area contributed by atoms with Crippen LogP contribution in [0.2, 0.25) is 0 Å². The molecule has 0 radical (unpaired) electrons. The van der Waals surface area contributed by atoms with Crippen molar-refractivity contribution in [2.45, 2.75) is 39.5 Å². The van der Waals surface area contributed by atoms with E-state index in [0.29, 0.717) is 5.56 Å². The van der Waals surface area contributed by atoms with E-state index in [0.717, 1.165) is 29.5 Å². The number of aromatic nitrogens is 1. The van der Waals surface area contributed by atoms with Crippen LogP contribution in [0.4, 0.5) is 5.82 Å². The molecule has 3 nitrogen and oxygen atoms in total. The molecule has 0 unspecified atom stereocenters. The van der Waals surface area contributed by atoms with E-state index in [1.165, 1.54) is 25.7 Å². The Morgan fingerprint density at radius 2 is 2.24 bits per heavy atom. The molecule has 1 aliphatic carbocycles. The van der Waals surface area contributed by atoms with Crippen LogP contribution >= 0.6 is 0 Å². The van der Waals surface area contributed by atoms with Gasteiger partial charge in [0.15, 0.2) is 0 Å². The number of hydrogen-bond donors (Lipinski definition) is 1. The molecule has 0 aromatic carbocycles. The van der Waals surface area contributed by atoms with Crippen LogP contribution in [0.1, 0.15) is 42.5 Å². The van der Waals surface area contributed by atoms with Gasteiger partial charge >= 0.3 is 0 Å². The first-order chi connectivity index (χ1) is 8.20. The van der Waals surface area contributed by atoms with Gasteiger partial charge in [-0.05, 0) is 44.2 Å². The topological polar surface area (TPSA) is 48.7 Å². The summed E-state index contributed by atoms with van der Waals surface area (Å²) in [6.45, 7) is 4.84. The molecular weight excluding hydrogens is 210 g/mol. The Morgan fingerprint density at radius 3 is 2.88 bits per heavy atom. The first kappa shape index (κ1) is 11.9. The number of nitrogens with zero attached hydrogens (tertiary/aromatic N) is 2. The summed E-state index contributed by atoms with van der Waals surface area (Å²) in [6, 6.07) is 4.18. The number of aryl methyl sites for hydroxylation is 2.